The van der Waals surface area contributed by atoms with Gasteiger partial charge in [0, 0.05) is 28.2 Å². The predicted octanol–water partition coefficient (Wildman–Crippen LogP) is 3.97. The highest BCUT2D eigenvalue weighted by Crippen LogP contribution is 2.42. The molecule has 0 aliphatic heterocycles. The van der Waals surface area contributed by atoms with Gasteiger partial charge in [-0.2, -0.15) is 18.3 Å². The Labute approximate surface area is 145 Å². The number of benzene rings is 1. The number of carbonyl (C=O) groups excluding carboxylic acids is 1. The van der Waals surface area contributed by atoms with Gasteiger partial charge in [0.25, 0.3) is 5.91 Å². The predicted molar refractivity (Wildman–Crippen MR) is 85.7 cm³/mol. The van der Waals surface area contributed by atoms with Crippen LogP contribution in [0.5, 0.6) is 0 Å². The quantitative estimate of drug-likeness (QED) is 0.823. The van der Waals surface area contributed by atoms with Crippen LogP contribution in [0.2, 0.25) is 0 Å². The van der Waals surface area contributed by atoms with Crippen molar-refractivity contribution in [3.05, 3.63) is 51.8 Å². The highest BCUT2D eigenvalue weighted by Gasteiger charge is 2.37. The Morgan fingerprint density at radius 1 is 1.29 bits per heavy atom. The van der Waals surface area contributed by atoms with E-state index in [1.807, 2.05) is 0 Å². The fraction of sp³-hybridized carbons (Fsp3) is 0.375. The maximum absolute atomic E-state index is 12.8. The van der Waals surface area contributed by atoms with E-state index < -0.39 is 11.9 Å². The Bertz CT molecular complexity index is 736. The topological polar surface area (TPSA) is 46.9 Å². The number of nitrogens with one attached hydrogen (secondary N) is 1. The minimum absolute atomic E-state index is 0.149. The van der Waals surface area contributed by atoms with Crippen molar-refractivity contribution < 1.29 is 18.0 Å². The van der Waals surface area contributed by atoms with Crippen LogP contribution in [0.3, 0.4) is 0 Å². The number of nitrogens with zero attached hydrogens (tertiary/aromatic N) is 2. The third kappa shape index (κ3) is 3.98. The number of alkyl halides is 3. The van der Waals surface area contributed by atoms with Gasteiger partial charge in [0.15, 0.2) is 5.69 Å². The summed E-state index contributed by atoms with van der Waals surface area (Å²) in [5, 5.41) is 6.36. The van der Waals surface area contributed by atoms with E-state index in [9.17, 15) is 18.0 Å². The standard InChI is InChI=1S/C16H15BrF3N3O/c17-12-5-3-11(4-6-12)15(24)21-7-8-23-13(10-1-2-10)9-14(22-23)16(18,19)20/h3-6,9-10H,1-2,7-8H2,(H,21,24). The van der Waals surface area contributed by atoms with Crippen molar-refractivity contribution in [3.8, 4) is 0 Å². The normalized spacial score (nSPS) is 14.7. The highest BCUT2D eigenvalue weighted by atomic mass is 79.9. The van der Waals surface area contributed by atoms with Crippen LogP contribution in [-0.2, 0) is 12.7 Å². The van der Waals surface area contributed by atoms with E-state index in [-0.39, 0.29) is 24.9 Å². The van der Waals surface area contributed by atoms with Crippen LogP contribution in [0.4, 0.5) is 13.2 Å². The van der Waals surface area contributed by atoms with E-state index >= 15 is 0 Å². The molecule has 1 amide bonds. The third-order valence-corrected chi connectivity index (χ3v) is 4.34. The monoisotopic (exact) mass is 401 g/mol. The van der Waals surface area contributed by atoms with Crippen LogP contribution < -0.4 is 5.32 Å². The third-order valence-electron chi connectivity index (χ3n) is 3.81. The molecule has 0 atom stereocenters. The van der Waals surface area contributed by atoms with Crippen LogP contribution >= 0.6 is 15.9 Å². The minimum Gasteiger partial charge on any atom is -0.350 e. The molecule has 24 heavy (non-hydrogen) atoms. The Kier molecular flexibility index (Phi) is 4.67. The fourth-order valence-electron chi connectivity index (χ4n) is 2.44. The Morgan fingerprint density at radius 2 is 1.96 bits per heavy atom. The van der Waals surface area contributed by atoms with E-state index in [4.69, 9.17) is 0 Å². The van der Waals surface area contributed by atoms with Gasteiger partial charge in [-0.15, -0.1) is 0 Å². The zero-order chi connectivity index (χ0) is 17.3. The first-order valence-corrected chi connectivity index (χ1v) is 8.32. The average molecular weight is 402 g/mol. The van der Waals surface area contributed by atoms with Gasteiger partial charge < -0.3 is 5.32 Å². The number of amides is 1. The van der Waals surface area contributed by atoms with E-state index in [1.165, 1.54) is 4.68 Å². The Balaban J connectivity index is 1.63. The fourth-order valence-corrected chi connectivity index (χ4v) is 2.70. The van der Waals surface area contributed by atoms with Crippen molar-refractivity contribution in [2.24, 2.45) is 0 Å². The molecule has 1 N–H and O–H groups in total. The molecule has 1 aliphatic carbocycles. The lowest BCUT2D eigenvalue weighted by molar-refractivity contribution is -0.141. The molecule has 1 aliphatic rings. The molecule has 2 aromatic rings. The number of aromatic nitrogens is 2. The molecule has 1 saturated carbocycles. The van der Waals surface area contributed by atoms with Crippen molar-refractivity contribution in [1.29, 1.82) is 0 Å². The first kappa shape index (κ1) is 17.0. The van der Waals surface area contributed by atoms with Crippen molar-refractivity contribution in [2.75, 3.05) is 6.54 Å². The van der Waals surface area contributed by atoms with Gasteiger partial charge in [0.05, 0.1) is 6.54 Å². The van der Waals surface area contributed by atoms with Gasteiger partial charge in [0.1, 0.15) is 0 Å². The number of hydrogen-bond acceptors (Lipinski definition) is 2. The molecule has 0 spiro atoms. The minimum atomic E-state index is -4.45. The second kappa shape index (κ2) is 6.58. The number of rotatable bonds is 5. The van der Waals surface area contributed by atoms with E-state index in [2.05, 4.69) is 26.3 Å². The lowest BCUT2D eigenvalue weighted by Crippen LogP contribution is -2.28. The summed E-state index contributed by atoms with van der Waals surface area (Å²) in [4.78, 5) is 12.0. The molecule has 0 unspecified atom stereocenters. The lowest BCUT2D eigenvalue weighted by Gasteiger charge is -2.08. The van der Waals surface area contributed by atoms with Crippen LogP contribution in [0.25, 0.3) is 0 Å². The van der Waals surface area contributed by atoms with Gasteiger partial charge >= 0.3 is 6.18 Å². The van der Waals surface area contributed by atoms with Gasteiger partial charge in [-0.05, 0) is 43.2 Å². The summed E-state index contributed by atoms with van der Waals surface area (Å²) in [6.07, 6.45) is -2.68. The molecular weight excluding hydrogens is 387 g/mol. The highest BCUT2D eigenvalue weighted by molar-refractivity contribution is 9.10. The number of halogens is 4. The molecule has 1 aromatic heterocycles. The zero-order valence-corrected chi connectivity index (χ0v) is 14.2. The SMILES string of the molecule is O=C(NCCn1nc(C(F)(F)F)cc1C1CC1)c1ccc(Br)cc1. The van der Waals surface area contributed by atoms with Crippen molar-refractivity contribution >= 4 is 21.8 Å². The van der Waals surface area contributed by atoms with Crippen LogP contribution in [0.1, 0.15) is 40.5 Å². The summed E-state index contributed by atoms with van der Waals surface area (Å²) in [6, 6.07) is 7.97. The molecule has 0 radical (unpaired) electrons. The second-order valence-electron chi connectivity index (χ2n) is 5.71. The van der Waals surface area contributed by atoms with E-state index in [0.29, 0.717) is 11.3 Å². The molecule has 8 heteroatoms. The lowest BCUT2D eigenvalue weighted by atomic mass is 10.2. The summed E-state index contributed by atoms with van der Waals surface area (Å²) in [7, 11) is 0. The molecule has 3 rings (SSSR count). The van der Waals surface area contributed by atoms with Gasteiger partial charge in [0.2, 0.25) is 0 Å². The number of hydrogen-bond donors (Lipinski definition) is 1. The maximum atomic E-state index is 12.8. The molecule has 1 fully saturated rings. The summed E-state index contributed by atoms with van der Waals surface area (Å²) < 4.78 is 40.7. The molecule has 1 heterocycles. The smallest absolute Gasteiger partial charge is 0.350 e. The molecule has 0 saturated heterocycles. The van der Waals surface area contributed by atoms with Gasteiger partial charge in [-0.3, -0.25) is 9.48 Å². The first-order valence-electron chi connectivity index (χ1n) is 7.53. The zero-order valence-electron chi connectivity index (χ0n) is 12.6. The van der Waals surface area contributed by atoms with E-state index in [1.54, 1.807) is 24.3 Å². The Morgan fingerprint density at radius 3 is 2.54 bits per heavy atom. The molecule has 0 bridgehead atoms. The maximum Gasteiger partial charge on any atom is 0.435 e. The van der Waals surface area contributed by atoms with Gasteiger partial charge in [-0.25, -0.2) is 0 Å². The molecule has 1 aromatic carbocycles. The first-order chi connectivity index (χ1) is 11.3. The average Bonchev–Trinajstić information content (AvgIpc) is 3.27. The van der Waals surface area contributed by atoms with Crippen LogP contribution in [-0.4, -0.2) is 22.2 Å². The summed E-state index contributed by atoms with van der Waals surface area (Å²) in [5.41, 5.74) is 0.223. The Hall–Kier alpha value is -1.83. The summed E-state index contributed by atoms with van der Waals surface area (Å²) in [5.74, 6) is -0.116. The van der Waals surface area contributed by atoms with Gasteiger partial charge in [-0.1, -0.05) is 15.9 Å². The van der Waals surface area contributed by atoms with Crippen molar-refractivity contribution in [2.45, 2.75) is 31.5 Å². The molecule has 4 nitrogen and oxygen atoms in total. The summed E-state index contributed by atoms with van der Waals surface area (Å²) >= 11 is 3.29. The van der Waals surface area contributed by atoms with Crippen molar-refractivity contribution in [3.63, 3.8) is 0 Å². The van der Waals surface area contributed by atoms with Crippen LogP contribution in [0, 0.1) is 0 Å². The number of carbonyl (C=O) groups is 1. The summed E-state index contributed by atoms with van der Waals surface area (Å²) in [6.45, 7) is 0.428. The largest absolute Gasteiger partial charge is 0.435 e. The van der Waals surface area contributed by atoms with Crippen LogP contribution in [0.15, 0.2) is 34.8 Å². The molecular formula is C16H15BrF3N3O. The molecule has 128 valence electrons. The van der Waals surface area contributed by atoms with E-state index in [0.717, 1.165) is 23.4 Å². The van der Waals surface area contributed by atoms with Crippen molar-refractivity contribution in [1.82, 2.24) is 15.1 Å². The second-order valence-corrected chi connectivity index (χ2v) is 6.63.